The van der Waals surface area contributed by atoms with Gasteiger partial charge in [0.15, 0.2) is 6.04 Å². The quantitative estimate of drug-likeness (QED) is 0.750. The van der Waals surface area contributed by atoms with E-state index in [0.717, 1.165) is 31.4 Å². The summed E-state index contributed by atoms with van der Waals surface area (Å²) in [6.07, 6.45) is 3.11. The smallest absolute Gasteiger partial charge is 0.333 e. The van der Waals surface area contributed by atoms with E-state index in [1.165, 1.54) is 4.80 Å². The third-order valence-corrected chi connectivity index (χ3v) is 4.27. The van der Waals surface area contributed by atoms with Crippen LogP contribution in [-0.2, 0) is 14.3 Å². The molecule has 0 radical (unpaired) electrons. The number of nitrogens with zero attached hydrogens (tertiary/aromatic N) is 4. The van der Waals surface area contributed by atoms with Crippen molar-refractivity contribution in [2.24, 2.45) is 5.92 Å². The molecule has 1 aromatic carbocycles. The van der Waals surface area contributed by atoms with Crippen molar-refractivity contribution in [3.05, 3.63) is 30.3 Å². The normalized spacial score (nSPS) is 18.9. The van der Waals surface area contributed by atoms with E-state index in [1.807, 2.05) is 44.2 Å². The van der Waals surface area contributed by atoms with Crippen LogP contribution in [0.2, 0.25) is 0 Å². The van der Waals surface area contributed by atoms with E-state index in [2.05, 4.69) is 15.4 Å². The highest BCUT2D eigenvalue weighted by molar-refractivity contribution is 5.74. The first-order chi connectivity index (χ1) is 12.1. The van der Waals surface area contributed by atoms with Crippen molar-refractivity contribution in [2.75, 3.05) is 13.2 Å². The number of tetrazole rings is 1. The Morgan fingerprint density at radius 2 is 2.12 bits per heavy atom. The van der Waals surface area contributed by atoms with Crippen molar-refractivity contribution >= 4 is 5.97 Å². The molecular weight excluding hydrogens is 320 g/mol. The Morgan fingerprint density at radius 3 is 2.80 bits per heavy atom. The molecule has 0 saturated carbocycles. The molecule has 0 N–H and O–H groups in total. The minimum absolute atomic E-state index is 0.00547. The average Bonchev–Trinajstić information content (AvgIpc) is 3.11. The lowest BCUT2D eigenvalue weighted by Crippen LogP contribution is -2.32. The Morgan fingerprint density at radius 1 is 1.32 bits per heavy atom. The summed E-state index contributed by atoms with van der Waals surface area (Å²) in [6.45, 7) is 4.90. The van der Waals surface area contributed by atoms with Crippen molar-refractivity contribution in [3.8, 4) is 11.4 Å². The maximum Gasteiger partial charge on any atom is 0.333 e. The van der Waals surface area contributed by atoms with Gasteiger partial charge in [-0.25, -0.2) is 4.79 Å². The van der Waals surface area contributed by atoms with Gasteiger partial charge in [0.2, 0.25) is 5.82 Å². The fraction of sp³-hybridized carbons (Fsp3) is 0.556. The molecule has 0 aliphatic carbocycles. The number of benzene rings is 1. The molecule has 7 heteroatoms. The van der Waals surface area contributed by atoms with E-state index in [4.69, 9.17) is 9.47 Å². The molecule has 0 spiro atoms. The van der Waals surface area contributed by atoms with Gasteiger partial charge in [0, 0.05) is 12.2 Å². The second kappa shape index (κ2) is 8.20. The molecule has 2 atom stereocenters. The molecule has 25 heavy (non-hydrogen) atoms. The van der Waals surface area contributed by atoms with Crippen LogP contribution in [0.1, 0.15) is 39.2 Å². The number of rotatable bonds is 6. The molecule has 3 rings (SSSR count). The predicted octanol–water partition coefficient (Wildman–Crippen LogP) is 2.65. The highest BCUT2D eigenvalue weighted by atomic mass is 16.6. The van der Waals surface area contributed by atoms with E-state index in [-0.39, 0.29) is 24.6 Å². The van der Waals surface area contributed by atoms with Gasteiger partial charge in [0.05, 0.1) is 6.10 Å². The van der Waals surface area contributed by atoms with Crippen molar-refractivity contribution in [1.29, 1.82) is 0 Å². The molecule has 0 bridgehead atoms. The van der Waals surface area contributed by atoms with Crippen LogP contribution in [0.25, 0.3) is 11.4 Å². The summed E-state index contributed by atoms with van der Waals surface area (Å²) in [4.78, 5) is 13.9. The number of aromatic nitrogens is 4. The zero-order valence-electron chi connectivity index (χ0n) is 14.7. The predicted molar refractivity (Wildman–Crippen MR) is 91.7 cm³/mol. The van der Waals surface area contributed by atoms with Crippen LogP contribution in [0.5, 0.6) is 0 Å². The van der Waals surface area contributed by atoms with Gasteiger partial charge in [-0.2, -0.15) is 0 Å². The largest absolute Gasteiger partial charge is 0.461 e. The van der Waals surface area contributed by atoms with Crippen LogP contribution < -0.4 is 0 Å². The van der Waals surface area contributed by atoms with Crippen LogP contribution in [0.3, 0.4) is 0 Å². The Bertz CT molecular complexity index is 681. The van der Waals surface area contributed by atoms with Gasteiger partial charge in [0.25, 0.3) is 0 Å². The van der Waals surface area contributed by atoms with Crippen LogP contribution in [0.15, 0.2) is 30.3 Å². The third-order valence-electron chi connectivity index (χ3n) is 4.27. The lowest BCUT2D eigenvalue weighted by molar-refractivity contribution is -0.155. The molecule has 2 aromatic rings. The molecule has 2 unspecified atom stereocenters. The fourth-order valence-corrected chi connectivity index (χ4v) is 2.88. The molecule has 2 heterocycles. The minimum Gasteiger partial charge on any atom is -0.461 e. The maximum absolute atomic E-state index is 12.6. The van der Waals surface area contributed by atoms with Gasteiger partial charge >= 0.3 is 5.97 Å². The minimum atomic E-state index is -0.603. The van der Waals surface area contributed by atoms with Gasteiger partial charge in [-0.1, -0.05) is 44.2 Å². The summed E-state index contributed by atoms with van der Waals surface area (Å²) in [5, 5.41) is 12.5. The summed E-state index contributed by atoms with van der Waals surface area (Å²) in [6, 6.07) is 8.96. The lowest BCUT2D eigenvalue weighted by atomic mass is 10.1. The van der Waals surface area contributed by atoms with E-state index < -0.39 is 6.04 Å². The van der Waals surface area contributed by atoms with E-state index in [9.17, 15) is 4.79 Å². The van der Waals surface area contributed by atoms with Crippen molar-refractivity contribution in [3.63, 3.8) is 0 Å². The van der Waals surface area contributed by atoms with E-state index >= 15 is 0 Å². The van der Waals surface area contributed by atoms with Crippen LogP contribution >= 0.6 is 0 Å². The number of carbonyl (C=O) groups excluding carboxylic acids is 1. The first-order valence-electron chi connectivity index (χ1n) is 8.78. The molecule has 1 saturated heterocycles. The second-order valence-corrected chi connectivity index (χ2v) is 6.61. The molecule has 1 aliphatic rings. The first-order valence-corrected chi connectivity index (χ1v) is 8.78. The van der Waals surface area contributed by atoms with Gasteiger partial charge in [0.1, 0.15) is 6.61 Å². The summed E-state index contributed by atoms with van der Waals surface area (Å²) in [7, 11) is 0. The Hall–Kier alpha value is -2.28. The summed E-state index contributed by atoms with van der Waals surface area (Å²) < 4.78 is 11.1. The monoisotopic (exact) mass is 344 g/mol. The van der Waals surface area contributed by atoms with Crippen LogP contribution in [0, 0.1) is 5.92 Å². The number of ether oxygens (including phenoxy) is 2. The van der Waals surface area contributed by atoms with Gasteiger partial charge in [-0.3, -0.25) is 0 Å². The fourth-order valence-electron chi connectivity index (χ4n) is 2.88. The Balaban J connectivity index is 1.68. The molecule has 1 fully saturated rings. The van der Waals surface area contributed by atoms with E-state index in [0.29, 0.717) is 5.82 Å². The van der Waals surface area contributed by atoms with Crippen molar-refractivity contribution in [2.45, 2.75) is 45.3 Å². The number of esters is 1. The Labute approximate surface area is 147 Å². The third kappa shape index (κ3) is 4.42. The first kappa shape index (κ1) is 17.5. The van der Waals surface area contributed by atoms with Crippen molar-refractivity contribution < 1.29 is 14.3 Å². The standard InChI is InChI=1S/C18H24N4O3/c1-13(2)16(18(23)25-12-15-10-6-7-11-24-15)22-20-17(19-21-22)14-8-4-3-5-9-14/h3-5,8-9,13,15-16H,6-7,10-12H2,1-2H3. The van der Waals surface area contributed by atoms with Gasteiger partial charge in [-0.15, -0.1) is 15.0 Å². The van der Waals surface area contributed by atoms with Crippen LogP contribution in [0.4, 0.5) is 0 Å². The maximum atomic E-state index is 12.6. The molecule has 1 aliphatic heterocycles. The summed E-state index contributed by atoms with van der Waals surface area (Å²) >= 11 is 0. The Kier molecular flexibility index (Phi) is 5.75. The van der Waals surface area contributed by atoms with Gasteiger partial charge < -0.3 is 9.47 Å². The molecule has 0 amide bonds. The highest BCUT2D eigenvalue weighted by Crippen LogP contribution is 2.21. The highest BCUT2D eigenvalue weighted by Gasteiger charge is 2.29. The molecule has 7 nitrogen and oxygen atoms in total. The number of carbonyl (C=O) groups is 1. The topological polar surface area (TPSA) is 79.1 Å². The number of hydrogen-bond donors (Lipinski definition) is 0. The zero-order chi connectivity index (χ0) is 17.6. The zero-order valence-corrected chi connectivity index (χ0v) is 14.7. The number of hydrogen-bond acceptors (Lipinski definition) is 6. The molecule has 134 valence electrons. The summed E-state index contributed by atoms with van der Waals surface area (Å²) in [5.74, 6) is 0.133. The molecular formula is C18H24N4O3. The second-order valence-electron chi connectivity index (χ2n) is 6.61. The summed E-state index contributed by atoms with van der Waals surface area (Å²) in [5.41, 5.74) is 0.861. The van der Waals surface area contributed by atoms with Crippen LogP contribution in [-0.4, -0.2) is 45.5 Å². The average molecular weight is 344 g/mol. The lowest BCUT2D eigenvalue weighted by Gasteiger charge is -2.24. The van der Waals surface area contributed by atoms with Gasteiger partial charge in [-0.05, 0) is 30.4 Å². The molecule has 1 aromatic heterocycles. The SMILES string of the molecule is CC(C)C(C(=O)OCC1CCCCO1)n1nnc(-c2ccccc2)n1. The van der Waals surface area contributed by atoms with Crippen molar-refractivity contribution in [1.82, 2.24) is 20.2 Å². The van der Waals surface area contributed by atoms with E-state index in [1.54, 1.807) is 0 Å².